The molecule has 0 aliphatic heterocycles. The third-order valence-corrected chi connectivity index (χ3v) is 0. The van der Waals surface area contributed by atoms with Crippen molar-refractivity contribution in [3.63, 3.8) is 0 Å². The Morgan fingerprint density at radius 2 is 1.80 bits per heavy atom. The van der Waals surface area contributed by atoms with Crippen LogP contribution in [0.15, 0.2) is 0 Å². The van der Waals surface area contributed by atoms with Gasteiger partial charge in [-0.2, -0.15) is 0 Å². The van der Waals surface area contributed by atoms with Crippen molar-refractivity contribution in [2.75, 3.05) is 0 Å². The van der Waals surface area contributed by atoms with Crippen LogP contribution in [0.4, 0.5) is 0 Å². The Labute approximate surface area is 50.7 Å². The molecule has 0 aliphatic rings. The van der Waals surface area contributed by atoms with Crippen molar-refractivity contribution in [3.8, 4) is 0 Å². The van der Waals surface area contributed by atoms with Gasteiger partial charge in [0, 0.05) is 0 Å². The molecule has 3 radical (unpaired) electrons. The van der Waals surface area contributed by atoms with E-state index in [0.29, 0.717) is 4.62 Å². The Balaban J connectivity index is 0. The fraction of sp³-hybridized carbons (Fsp3) is 0.500. The second kappa shape index (κ2) is 4.76. The third kappa shape index (κ3) is 63.2. The molecular formula is C2H7Ge2O. The zero-order valence-corrected chi connectivity index (χ0v) is 9.26. The van der Waals surface area contributed by atoms with Crippen LogP contribution in [0.2, 0.25) is 0 Å². The number of carbonyl (C=O) groups excluding carboxylic acids is 1. The molecule has 0 amide bonds. The van der Waals surface area contributed by atoms with Gasteiger partial charge in [-0.05, 0) is 0 Å². The first-order valence-electron chi connectivity index (χ1n) is 1.06. The van der Waals surface area contributed by atoms with E-state index in [1.807, 2.05) is 0 Å². The molecule has 0 aliphatic carbocycles. The van der Waals surface area contributed by atoms with E-state index in [1.54, 1.807) is 6.92 Å². The summed E-state index contributed by atoms with van der Waals surface area (Å²) in [5.74, 6) is 0. The van der Waals surface area contributed by atoms with Crippen molar-refractivity contribution < 1.29 is 4.79 Å². The zero-order chi connectivity index (χ0) is 3.58. The first-order chi connectivity index (χ1) is 1.73. The quantitative estimate of drug-likeness (QED) is 0.416. The maximum atomic E-state index is 9.50. The van der Waals surface area contributed by atoms with E-state index in [4.69, 9.17) is 0 Å². The topological polar surface area (TPSA) is 17.1 Å². The van der Waals surface area contributed by atoms with Gasteiger partial charge in [-0.25, -0.2) is 0 Å². The molecule has 0 fully saturated rings. The molecule has 0 bridgehead atoms. The average Bonchev–Trinajstić information content (AvgIpc) is 0.811. The number of carbonyl (C=O) groups is 1. The van der Waals surface area contributed by atoms with Crippen LogP contribution >= 0.6 is 0 Å². The van der Waals surface area contributed by atoms with Gasteiger partial charge in [-0.15, -0.1) is 0 Å². The van der Waals surface area contributed by atoms with E-state index < -0.39 is 0 Å². The summed E-state index contributed by atoms with van der Waals surface area (Å²) in [6.45, 7) is 1.58. The fourth-order valence-corrected chi connectivity index (χ4v) is 0. The molecule has 0 saturated heterocycles. The molecule has 0 aromatic carbocycles. The molecule has 0 aromatic heterocycles. The van der Waals surface area contributed by atoms with E-state index in [1.165, 1.54) is 0 Å². The summed E-state index contributed by atoms with van der Waals surface area (Å²) in [5, 5.41) is 0. The Hall–Kier alpha value is 0.756. The molecule has 1 nitrogen and oxygen atoms in total. The molecule has 0 aromatic rings. The summed E-state index contributed by atoms with van der Waals surface area (Å²) in [4.78, 5) is 9.50. The standard InChI is InChI=1S/C2H5GeO.GeH2/c1-2(3)4;/h3H2,1H3;1H2. The molecule has 0 atom stereocenters. The van der Waals surface area contributed by atoms with E-state index >= 15 is 0 Å². The van der Waals surface area contributed by atoms with Gasteiger partial charge in [0.25, 0.3) is 0 Å². The van der Waals surface area contributed by atoms with E-state index in [0.717, 1.165) is 16.5 Å². The molecule has 3 heteroatoms. The van der Waals surface area contributed by atoms with Crippen LogP contribution < -0.4 is 0 Å². The molecule has 0 unspecified atom stereocenters. The van der Waals surface area contributed by atoms with Crippen molar-refractivity contribution in [3.05, 3.63) is 0 Å². The first kappa shape index (κ1) is 9.23. The summed E-state index contributed by atoms with van der Waals surface area (Å²) in [6.07, 6.45) is 0. The van der Waals surface area contributed by atoms with Crippen LogP contribution in [0.5, 0.6) is 0 Å². The summed E-state index contributed by atoms with van der Waals surface area (Å²) < 4.78 is 0.292. The average molecular weight is 192 g/mol. The molecule has 0 N–H and O–H groups in total. The summed E-state index contributed by atoms with van der Waals surface area (Å²) in [6, 6.07) is 0. The van der Waals surface area contributed by atoms with Gasteiger partial charge < -0.3 is 0 Å². The summed E-state index contributed by atoms with van der Waals surface area (Å²) >= 11 is 0.792. The Bertz CT molecular complexity index is 30.6. The second-order valence-corrected chi connectivity index (χ2v) is 2.79. The molecule has 5 heavy (non-hydrogen) atoms. The van der Waals surface area contributed by atoms with E-state index in [-0.39, 0.29) is 17.6 Å². The molecule has 29 valence electrons. The van der Waals surface area contributed by atoms with Crippen molar-refractivity contribution in [2.24, 2.45) is 0 Å². The molecular weight excluding hydrogens is 185 g/mol. The van der Waals surface area contributed by atoms with Crippen LogP contribution in [0, 0.1) is 0 Å². The molecule has 0 rings (SSSR count). The zero-order valence-electron chi connectivity index (χ0n) is 3.32. The minimum absolute atomic E-state index is 0. The van der Waals surface area contributed by atoms with Gasteiger partial charge in [0.05, 0.1) is 0 Å². The van der Waals surface area contributed by atoms with Gasteiger partial charge in [0.15, 0.2) is 0 Å². The van der Waals surface area contributed by atoms with Gasteiger partial charge in [0.2, 0.25) is 0 Å². The minimum atomic E-state index is 0. The Morgan fingerprint density at radius 1 is 1.80 bits per heavy atom. The van der Waals surface area contributed by atoms with Crippen molar-refractivity contribution >= 4 is 38.7 Å². The number of hydrogen-bond acceptors (Lipinski definition) is 1. The SMILES string of the molecule is C[C](=O)[GeH2].[GeH2]. The first-order valence-corrected chi connectivity index (χ1v) is 2.54. The van der Waals surface area contributed by atoms with Crippen molar-refractivity contribution in [1.82, 2.24) is 0 Å². The molecule has 0 saturated carbocycles. The van der Waals surface area contributed by atoms with Crippen LogP contribution in [0.25, 0.3) is 0 Å². The van der Waals surface area contributed by atoms with Crippen LogP contribution in [0.3, 0.4) is 0 Å². The number of hydrogen-bond donors (Lipinski definition) is 0. The van der Waals surface area contributed by atoms with Gasteiger partial charge in [-0.3, -0.25) is 0 Å². The van der Waals surface area contributed by atoms with Crippen molar-refractivity contribution in [2.45, 2.75) is 6.92 Å². The fourth-order valence-electron chi connectivity index (χ4n) is 0. The van der Waals surface area contributed by atoms with Gasteiger partial charge in [-0.1, -0.05) is 0 Å². The van der Waals surface area contributed by atoms with Crippen LogP contribution in [0.1, 0.15) is 6.92 Å². The molecule has 0 spiro atoms. The Morgan fingerprint density at radius 3 is 1.80 bits per heavy atom. The maximum absolute atomic E-state index is 9.50. The van der Waals surface area contributed by atoms with Crippen LogP contribution in [-0.2, 0) is 4.79 Å². The van der Waals surface area contributed by atoms with E-state index in [9.17, 15) is 4.79 Å². The summed E-state index contributed by atoms with van der Waals surface area (Å²) in [7, 11) is 0. The van der Waals surface area contributed by atoms with Gasteiger partial charge in [0.1, 0.15) is 0 Å². The molecule has 0 heterocycles. The monoisotopic (exact) mass is 195 g/mol. The summed E-state index contributed by atoms with van der Waals surface area (Å²) in [5.41, 5.74) is 0. The normalized spacial score (nSPS) is 5.20. The predicted octanol–water partition coefficient (Wildman–Crippen LogP) is -1.75. The van der Waals surface area contributed by atoms with Gasteiger partial charge >= 0.3 is 50.4 Å². The number of rotatable bonds is 0. The third-order valence-electron chi connectivity index (χ3n) is 0. The predicted molar refractivity (Wildman–Crippen MR) is 27.8 cm³/mol. The van der Waals surface area contributed by atoms with Crippen LogP contribution in [-0.4, -0.2) is 38.7 Å². The van der Waals surface area contributed by atoms with E-state index in [2.05, 4.69) is 0 Å². The second-order valence-electron chi connectivity index (χ2n) is 0.702. The Kier molecular flexibility index (Phi) is 8.78. The van der Waals surface area contributed by atoms with Crippen molar-refractivity contribution in [1.29, 1.82) is 0 Å².